The van der Waals surface area contributed by atoms with Gasteiger partial charge in [-0.3, -0.25) is 4.79 Å². The van der Waals surface area contributed by atoms with Crippen molar-refractivity contribution in [2.45, 2.75) is 50.2 Å². The Bertz CT molecular complexity index is 1140. The summed E-state index contributed by atoms with van der Waals surface area (Å²) in [5.41, 5.74) is 1.81. The molecule has 1 aromatic carbocycles. The van der Waals surface area contributed by atoms with E-state index in [1.807, 2.05) is 35.2 Å². The summed E-state index contributed by atoms with van der Waals surface area (Å²) in [5, 5.41) is 13.9. The summed E-state index contributed by atoms with van der Waals surface area (Å²) in [6.45, 7) is 2.56. The number of nitrogens with zero attached hydrogens (tertiary/aromatic N) is 5. The largest absolute Gasteiger partial charge is 0.471 e. The fourth-order valence-corrected chi connectivity index (χ4v) is 4.34. The Kier molecular flexibility index (Phi) is 4.43. The molecule has 152 valence electrons. The number of aromatic nitrogens is 3. The second-order valence-corrected chi connectivity index (χ2v) is 8.26. The summed E-state index contributed by atoms with van der Waals surface area (Å²) in [7, 11) is 0. The molecule has 1 amide bonds. The number of carbonyl (C=O) groups excluding carboxylic acids is 1. The van der Waals surface area contributed by atoms with Crippen LogP contribution in [0.3, 0.4) is 0 Å². The molecule has 0 spiro atoms. The third-order valence-electron chi connectivity index (χ3n) is 6.30. The van der Waals surface area contributed by atoms with Crippen molar-refractivity contribution < 1.29 is 9.53 Å². The molecule has 1 aliphatic heterocycles. The van der Waals surface area contributed by atoms with Crippen LogP contribution < -0.4 is 4.74 Å². The van der Waals surface area contributed by atoms with Crippen molar-refractivity contribution in [2.75, 3.05) is 6.54 Å². The van der Waals surface area contributed by atoms with Gasteiger partial charge in [-0.1, -0.05) is 18.2 Å². The lowest BCUT2D eigenvalue weighted by Gasteiger charge is -2.38. The Hall–Kier alpha value is -3.40. The second-order valence-electron chi connectivity index (χ2n) is 8.26. The van der Waals surface area contributed by atoms with Crippen molar-refractivity contribution in [3.8, 4) is 11.9 Å². The van der Waals surface area contributed by atoms with Crippen LogP contribution in [0.4, 0.5) is 0 Å². The molecule has 0 radical (unpaired) electrons. The molecule has 3 heterocycles. The molecule has 0 unspecified atom stereocenters. The fourth-order valence-electron chi connectivity index (χ4n) is 4.34. The quantitative estimate of drug-likeness (QED) is 0.669. The van der Waals surface area contributed by atoms with Crippen molar-refractivity contribution in [3.05, 3.63) is 60.0 Å². The molecule has 1 aliphatic carbocycles. The lowest BCUT2D eigenvalue weighted by Crippen LogP contribution is -2.49. The highest BCUT2D eigenvalue weighted by Gasteiger charge is 2.47. The van der Waals surface area contributed by atoms with Gasteiger partial charge in [0.2, 0.25) is 5.88 Å². The number of rotatable bonds is 4. The summed E-state index contributed by atoms with van der Waals surface area (Å²) in [4.78, 5) is 19.8. The van der Waals surface area contributed by atoms with Gasteiger partial charge < -0.3 is 9.64 Å². The fraction of sp³-hybridized carbons (Fsp3) is 0.391. The van der Waals surface area contributed by atoms with Gasteiger partial charge in [-0.15, -0.1) is 0 Å². The average molecular weight is 401 g/mol. The van der Waals surface area contributed by atoms with Crippen LogP contribution in [0.5, 0.6) is 5.88 Å². The van der Waals surface area contributed by atoms with Gasteiger partial charge in [0.15, 0.2) is 0 Å². The average Bonchev–Trinajstić information content (AvgIpc) is 3.43. The van der Waals surface area contributed by atoms with Crippen LogP contribution in [0, 0.1) is 11.3 Å². The topological polar surface area (TPSA) is 83.5 Å². The molecule has 30 heavy (non-hydrogen) atoms. The van der Waals surface area contributed by atoms with Crippen LogP contribution in [0.15, 0.2) is 48.9 Å². The Morgan fingerprint density at radius 1 is 1.23 bits per heavy atom. The number of hydrogen-bond donors (Lipinski definition) is 0. The van der Waals surface area contributed by atoms with Crippen LogP contribution in [-0.4, -0.2) is 44.1 Å². The molecule has 5 rings (SSSR count). The molecular formula is C23H23N5O2. The monoisotopic (exact) mass is 401 g/mol. The maximum atomic E-state index is 13.5. The van der Waals surface area contributed by atoms with E-state index in [0.717, 1.165) is 36.8 Å². The number of nitriles is 1. The number of hydrogen-bond acceptors (Lipinski definition) is 5. The van der Waals surface area contributed by atoms with Gasteiger partial charge in [0.1, 0.15) is 11.6 Å². The van der Waals surface area contributed by atoms with E-state index in [0.29, 0.717) is 18.0 Å². The number of benzene rings is 1. The minimum Gasteiger partial charge on any atom is -0.471 e. The zero-order valence-electron chi connectivity index (χ0n) is 16.9. The van der Waals surface area contributed by atoms with Gasteiger partial charge in [0.25, 0.3) is 5.91 Å². The third-order valence-corrected chi connectivity index (χ3v) is 6.30. The number of likely N-dealkylation sites (tertiary alicyclic amines) is 1. The highest BCUT2D eigenvalue weighted by molar-refractivity contribution is 5.96. The van der Waals surface area contributed by atoms with Gasteiger partial charge in [-0.05, 0) is 50.3 Å². The molecule has 7 nitrogen and oxygen atoms in total. The zero-order valence-corrected chi connectivity index (χ0v) is 16.9. The summed E-state index contributed by atoms with van der Waals surface area (Å²) in [6.07, 6.45) is 8.35. The summed E-state index contributed by atoms with van der Waals surface area (Å²) in [6, 6.07) is 12.0. The first-order valence-electron chi connectivity index (χ1n) is 10.4. The predicted octanol–water partition coefficient (Wildman–Crippen LogP) is 3.36. The number of amides is 1. The Morgan fingerprint density at radius 2 is 2.07 bits per heavy atom. The number of carbonyl (C=O) groups is 1. The van der Waals surface area contributed by atoms with Gasteiger partial charge >= 0.3 is 0 Å². The van der Waals surface area contributed by atoms with Crippen molar-refractivity contribution in [1.29, 1.82) is 5.26 Å². The number of ether oxygens (including phenoxy) is 1. The molecule has 2 aromatic heterocycles. The highest BCUT2D eigenvalue weighted by atomic mass is 16.5. The minimum absolute atomic E-state index is 0.0246. The number of fused-ring (bicyclic) bond motifs is 1. The Labute approximate surface area is 174 Å². The summed E-state index contributed by atoms with van der Waals surface area (Å²) in [5.74, 6) is 0.507. The molecular weight excluding hydrogens is 378 g/mol. The molecule has 0 bridgehead atoms. The highest BCUT2D eigenvalue weighted by Crippen LogP contribution is 2.49. The molecule has 2 fully saturated rings. The lowest BCUT2D eigenvalue weighted by molar-refractivity contribution is 0.0375. The molecule has 1 saturated carbocycles. The minimum atomic E-state index is -0.497. The smallest absolute Gasteiger partial charge is 0.254 e. The van der Waals surface area contributed by atoms with E-state index in [4.69, 9.17) is 4.74 Å². The van der Waals surface area contributed by atoms with E-state index in [1.165, 1.54) is 0 Å². The predicted molar refractivity (Wildman–Crippen MR) is 110 cm³/mol. The second kappa shape index (κ2) is 7.13. The van der Waals surface area contributed by atoms with Gasteiger partial charge in [-0.2, -0.15) is 10.4 Å². The molecule has 3 aromatic rings. The van der Waals surface area contributed by atoms with E-state index in [2.05, 4.69) is 23.1 Å². The first-order valence-corrected chi connectivity index (χ1v) is 10.4. The molecule has 0 N–H and O–H groups in total. The van der Waals surface area contributed by atoms with E-state index in [1.54, 1.807) is 23.1 Å². The van der Waals surface area contributed by atoms with Crippen molar-refractivity contribution in [3.63, 3.8) is 0 Å². The van der Waals surface area contributed by atoms with Crippen LogP contribution in [0.25, 0.3) is 5.52 Å². The summed E-state index contributed by atoms with van der Waals surface area (Å²) >= 11 is 0. The molecule has 2 atom stereocenters. The van der Waals surface area contributed by atoms with E-state index < -0.39 is 5.41 Å². The van der Waals surface area contributed by atoms with E-state index in [9.17, 15) is 10.1 Å². The van der Waals surface area contributed by atoms with E-state index >= 15 is 0 Å². The molecule has 2 aliphatic rings. The summed E-state index contributed by atoms with van der Waals surface area (Å²) < 4.78 is 7.93. The maximum Gasteiger partial charge on any atom is 0.254 e. The van der Waals surface area contributed by atoms with Crippen LogP contribution in [0.2, 0.25) is 0 Å². The van der Waals surface area contributed by atoms with Crippen LogP contribution >= 0.6 is 0 Å². The van der Waals surface area contributed by atoms with Gasteiger partial charge in [-0.25, -0.2) is 9.50 Å². The first-order chi connectivity index (χ1) is 14.6. The van der Waals surface area contributed by atoms with Crippen molar-refractivity contribution >= 4 is 11.4 Å². The van der Waals surface area contributed by atoms with Crippen molar-refractivity contribution in [2.24, 2.45) is 0 Å². The molecule has 7 heteroatoms. The molecule has 1 saturated heterocycles. The zero-order chi connectivity index (χ0) is 20.7. The Balaban J connectivity index is 1.39. The lowest BCUT2D eigenvalue weighted by atomic mass is 9.91. The standard InChI is InChI=1S/C23H23N5O2/c1-16-6-7-17(30-21-20-8-11-26-28(20)13-12-25-21)14-27(16)22(29)18-4-2-3-5-19(18)23(15-24)9-10-23/h2-5,8,11-13,16-17H,6-7,9-10,14H2,1H3/t16-,17-/m1/s1. The van der Waals surface area contributed by atoms with Crippen LogP contribution in [0.1, 0.15) is 48.5 Å². The van der Waals surface area contributed by atoms with Gasteiger partial charge in [0, 0.05) is 24.0 Å². The maximum absolute atomic E-state index is 13.5. The van der Waals surface area contributed by atoms with E-state index in [-0.39, 0.29) is 18.1 Å². The van der Waals surface area contributed by atoms with Gasteiger partial charge in [0.05, 0.1) is 24.2 Å². The first kappa shape index (κ1) is 18.6. The Morgan fingerprint density at radius 3 is 2.87 bits per heavy atom. The SMILES string of the molecule is C[C@@H]1CC[C@@H](Oc2nccn3nccc23)CN1C(=O)c1ccccc1C1(C#N)CC1. The van der Waals surface area contributed by atoms with Crippen LogP contribution in [-0.2, 0) is 5.41 Å². The number of piperidine rings is 1. The normalized spacial score (nSPS) is 22.5. The third kappa shape index (κ3) is 3.09. The van der Waals surface area contributed by atoms with Crippen molar-refractivity contribution in [1.82, 2.24) is 19.5 Å².